The van der Waals surface area contributed by atoms with Crippen LogP contribution >= 0.6 is 11.6 Å². The van der Waals surface area contributed by atoms with E-state index in [2.05, 4.69) is 9.88 Å². The lowest BCUT2D eigenvalue weighted by Crippen LogP contribution is -2.15. The molecule has 1 amide bonds. The first-order valence-electron chi connectivity index (χ1n) is 8.11. The fourth-order valence-electron chi connectivity index (χ4n) is 3.22. The molecule has 2 aromatic rings. The van der Waals surface area contributed by atoms with Crippen molar-refractivity contribution in [2.75, 3.05) is 7.11 Å². The van der Waals surface area contributed by atoms with E-state index in [9.17, 15) is 9.59 Å². The molecule has 0 saturated heterocycles. The molecule has 1 N–H and O–H groups in total. The summed E-state index contributed by atoms with van der Waals surface area (Å²) in [5.74, 6) is -0.841. The second-order valence-corrected chi connectivity index (χ2v) is 6.58. The molecule has 26 heavy (non-hydrogen) atoms. The maximum absolute atomic E-state index is 12.3. The Morgan fingerprint density at radius 3 is 2.62 bits per heavy atom. The first-order valence-corrected chi connectivity index (χ1v) is 8.48. The third-order valence-corrected chi connectivity index (χ3v) is 4.65. The number of hydrogen-bond donors (Lipinski definition) is 1. The van der Waals surface area contributed by atoms with Crippen molar-refractivity contribution in [3.63, 3.8) is 0 Å². The molecular formula is C20H19ClN2O3. The van der Waals surface area contributed by atoms with Crippen molar-refractivity contribution in [3.05, 3.63) is 69.1 Å². The molecule has 3 rings (SSSR count). The van der Waals surface area contributed by atoms with Crippen molar-refractivity contribution in [2.45, 2.75) is 20.8 Å². The van der Waals surface area contributed by atoms with Crippen molar-refractivity contribution in [2.24, 2.45) is 0 Å². The van der Waals surface area contributed by atoms with Crippen molar-refractivity contribution < 1.29 is 14.3 Å². The van der Waals surface area contributed by atoms with Gasteiger partial charge in [0.15, 0.2) is 0 Å². The molecule has 0 fully saturated rings. The molecule has 0 saturated carbocycles. The van der Waals surface area contributed by atoms with E-state index >= 15 is 0 Å². The van der Waals surface area contributed by atoms with E-state index < -0.39 is 5.97 Å². The monoisotopic (exact) mass is 370 g/mol. The minimum Gasteiger partial charge on any atom is -0.465 e. The van der Waals surface area contributed by atoms with Gasteiger partial charge >= 0.3 is 5.97 Å². The highest BCUT2D eigenvalue weighted by Gasteiger charge is 2.31. The van der Waals surface area contributed by atoms with Gasteiger partial charge in [0.05, 0.1) is 18.3 Å². The number of hydrogen-bond acceptors (Lipinski definition) is 3. The molecule has 0 radical (unpaired) electrons. The predicted octanol–water partition coefficient (Wildman–Crippen LogP) is 3.71. The van der Waals surface area contributed by atoms with E-state index in [4.69, 9.17) is 16.3 Å². The lowest BCUT2D eigenvalue weighted by Gasteiger charge is -2.10. The number of benzene rings is 1. The summed E-state index contributed by atoms with van der Waals surface area (Å²) in [7, 11) is 1.30. The third-order valence-electron chi connectivity index (χ3n) is 4.42. The van der Waals surface area contributed by atoms with Crippen LogP contribution in [0.25, 0.3) is 11.8 Å². The molecule has 0 bridgehead atoms. The molecule has 6 heteroatoms. The lowest BCUT2D eigenvalue weighted by atomic mass is 10.0. The van der Waals surface area contributed by atoms with Gasteiger partial charge < -0.3 is 14.6 Å². The van der Waals surface area contributed by atoms with E-state index in [0.29, 0.717) is 16.3 Å². The highest BCUT2D eigenvalue weighted by atomic mass is 35.5. The number of methoxy groups -OCH3 is 1. The summed E-state index contributed by atoms with van der Waals surface area (Å²) >= 11 is 6.11. The number of nitrogens with zero attached hydrogens (tertiary/aromatic N) is 1. The zero-order valence-electron chi connectivity index (χ0n) is 15.0. The summed E-state index contributed by atoms with van der Waals surface area (Å²) in [4.78, 5) is 24.3. The van der Waals surface area contributed by atoms with E-state index in [1.807, 2.05) is 44.2 Å². The number of nitrogens with one attached hydrogen (secondary N) is 1. The predicted molar refractivity (Wildman–Crippen MR) is 101 cm³/mol. The average Bonchev–Trinajstić information content (AvgIpc) is 3.02. The second kappa shape index (κ2) is 6.84. The number of allylic oxidation sites excluding steroid dienone is 1. The molecule has 1 aliphatic heterocycles. The van der Waals surface area contributed by atoms with Gasteiger partial charge in [-0.1, -0.05) is 17.7 Å². The molecule has 1 aromatic carbocycles. The number of carbonyl (C=O) groups is 2. The van der Waals surface area contributed by atoms with Gasteiger partial charge in [-0.3, -0.25) is 4.79 Å². The van der Waals surface area contributed by atoms with Gasteiger partial charge in [-0.2, -0.15) is 0 Å². The van der Waals surface area contributed by atoms with Gasteiger partial charge in [0, 0.05) is 27.8 Å². The Morgan fingerprint density at radius 2 is 1.96 bits per heavy atom. The Bertz CT molecular complexity index is 983. The molecule has 0 atom stereocenters. The summed E-state index contributed by atoms with van der Waals surface area (Å²) in [5, 5.41) is 3.33. The van der Waals surface area contributed by atoms with Crippen LogP contribution in [0, 0.1) is 13.8 Å². The third kappa shape index (κ3) is 3.06. The van der Waals surface area contributed by atoms with Crippen LogP contribution in [0.15, 0.2) is 47.2 Å². The van der Waals surface area contributed by atoms with Crippen molar-refractivity contribution in [1.82, 2.24) is 9.88 Å². The molecule has 0 unspecified atom stereocenters. The van der Waals surface area contributed by atoms with Crippen LogP contribution in [0.1, 0.15) is 23.9 Å². The Hall–Kier alpha value is -2.79. The second-order valence-electron chi connectivity index (χ2n) is 6.15. The first-order chi connectivity index (χ1) is 12.3. The molecule has 0 spiro atoms. The number of aromatic nitrogens is 1. The highest BCUT2D eigenvalue weighted by molar-refractivity contribution is 6.30. The number of halogens is 1. The summed E-state index contributed by atoms with van der Waals surface area (Å²) in [6.07, 6.45) is 1.72. The zero-order valence-corrected chi connectivity index (χ0v) is 15.8. The summed E-state index contributed by atoms with van der Waals surface area (Å²) in [5.41, 5.74) is 4.80. The summed E-state index contributed by atoms with van der Waals surface area (Å²) in [6.45, 7) is 5.62. The number of ether oxygens (including phenoxy) is 1. The van der Waals surface area contributed by atoms with Gasteiger partial charge in [-0.15, -0.1) is 0 Å². The largest absolute Gasteiger partial charge is 0.465 e. The molecule has 0 aliphatic carbocycles. The van der Waals surface area contributed by atoms with E-state index in [-0.39, 0.29) is 11.5 Å². The Morgan fingerprint density at radius 1 is 1.23 bits per heavy atom. The molecule has 1 aliphatic rings. The fourth-order valence-corrected chi connectivity index (χ4v) is 3.40. The number of esters is 1. The van der Waals surface area contributed by atoms with Gasteiger partial charge in [-0.25, -0.2) is 4.79 Å². The van der Waals surface area contributed by atoms with Crippen LogP contribution in [-0.2, 0) is 14.3 Å². The van der Waals surface area contributed by atoms with Crippen LogP contribution in [0.4, 0.5) is 0 Å². The number of aryl methyl sites for hydroxylation is 1. The van der Waals surface area contributed by atoms with Crippen LogP contribution in [0.5, 0.6) is 0 Å². The first kappa shape index (κ1) is 18.0. The van der Waals surface area contributed by atoms with Gasteiger partial charge in [0.2, 0.25) is 0 Å². The maximum atomic E-state index is 12.3. The van der Waals surface area contributed by atoms with Crippen LogP contribution in [0.3, 0.4) is 0 Å². The Kier molecular flexibility index (Phi) is 4.74. The lowest BCUT2D eigenvalue weighted by molar-refractivity contribution is -0.136. The standard InChI is InChI=1S/C20H19ClN2O3/c1-11-8-14(13(3)23(11)16-7-5-6-15(21)10-16)9-17-18(20(25)26-4)12(2)22-19(17)24/h5-10H,1-4H3,(H,22,24). The number of amides is 1. The minimum absolute atomic E-state index is 0.269. The summed E-state index contributed by atoms with van der Waals surface area (Å²) in [6, 6.07) is 9.53. The molecule has 5 nitrogen and oxygen atoms in total. The summed E-state index contributed by atoms with van der Waals surface area (Å²) < 4.78 is 6.87. The van der Waals surface area contributed by atoms with E-state index in [1.165, 1.54) is 7.11 Å². The van der Waals surface area contributed by atoms with Crippen molar-refractivity contribution in [3.8, 4) is 5.69 Å². The van der Waals surface area contributed by atoms with Crippen molar-refractivity contribution >= 4 is 29.6 Å². The highest BCUT2D eigenvalue weighted by Crippen LogP contribution is 2.28. The van der Waals surface area contributed by atoms with E-state index in [0.717, 1.165) is 22.6 Å². The zero-order chi connectivity index (χ0) is 19.0. The molecule has 1 aromatic heterocycles. The average molecular weight is 371 g/mol. The topological polar surface area (TPSA) is 60.3 Å². The number of rotatable bonds is 3. The van der Waals surface area contributed by atoms with Crippen LogP contribution < -0.4 is 5.32 Å². The van der Waals surface area contributed by atoms with Gasteiger partial charge in [0.1, 0.15) is 0 Å². The maximum Gasteiger partial charge on any atom is 0.340 e. The molecule has 2 heterocycles. The number of carbonyl (C=O) groups excluding carboxylic acids is 2. The Labute approximate surface area is 156 Å². The van der Waals surface area contributed by atoms with E-state index in [1.54, 1.807) is 13.0 Å². The van der Waals surface area contributed by atoms with Gasteiger partial charge in [-0.05, 0) is 56.7 Å². The normalized spacial score (nSPS) is 15.6. The Balaban J connectivity index is 2.12. The van der Waals surface area contributed by atoms with Crippen molar-refractivity contribution in [1.29, 1.82) is 0 Å². The molecular weight excluding hydrogens is 352 g/mol. The van der Waals surface area contributed by atoms with Gasteiger partial charge in [0.25, 0.3) is 5.91 Å². The smallest absolute Gasteiger partial charge is 0.340 e. The minimum atomic E-state index is -0.532. The quantitative estimate of drug-likeness (QED) is 0.661. The SMILES string of the molecule is COC(=O)C1=C(C)NC(=O)C1=Cc1cc(C)n(-c2cccc(Cl)c2)c1C. The molecule has 134 valence electrons. The fraction of sp³-hybridized carbons (Fsp3) is 0.200. The van der Waals surface area contributed by atoms with Crippen LogP contribution in [0.2, 0.25) is 5.02 Å². The van der Waals surface area contributed by atoms with Crippen LogP contribution in [-0.4, -0.2) is 23.6 Å².